The summed E-state index contributed by atoms with van der Waals surface area (Å²) in [6, 6.07) is 23.7. The SMILES string of the molecule is I.NC(=NCc1ccc(S(=O)(=O)NC2CC2)cc1)Nc1cccc(Oc2ccccc2)c1. The Balaban J connectivity index is 0.00000289. The summed E-state index contributed by atoms with van der Waals surface area (Å²) in [5, 5.41) is 3.04. The number of benzene rings is 3. The number of hydrogen-bond donors (Lipinski definition) is 3. The van der Waals surface area contributed by atoms with Crippen LogP contribution in [-0.2, 0) is 16.6 Å². The van der Waals surface area contributed by atoms with Gasteiger partial charge in [0.25, 0.3) is 0 Å². The number of hydrogen-bond acceptors (Lipinski definition) is 4. The van der Waals surface area contributed by atoms with E-state index >= 15 is 0 Å². The average molecular weight is 564 g/mol. The lowest BCUT2D eigenvalue weighted by Gasteiger charge is -2.09. The molecule has 0 aliphatic heterocycles. The number of guanidine groups is 1. The van der Waals surface area contributed by atoms with Crippen LogP contribution in [0, 0.1) is 0 Å². The lowest BCUT2D eigenvalue weighted by atomic mass is 10.2. The van der Waals surface area contributed by atoms with Gasteiger partial charge in [-0.15, -0.1) is 24.0 Å². The Labute approximate surface area is 205 Å². The third kappa shape index (κ3) is 6.94. The van der Waals surface area contributed by atoms with E-state index in [9.17, 15) is 8.42 Å². The molecule has 7 nitrogen and oxygen atoms in total. The zero-order valence-corrected chi connectivity index (χ0v) is 20.4. The van der Waals surface area contributed by atoms with Gasteiger partial charge >= 0.3 is 0 Å². The van der Waals surface area contributed by atoms with E-state index in [1.54, 1.807) is 24.3 Å². The van der Waals surface area contributed by atoms with Gasteiger partial charge in [-0.3, -0.25) is 0 Å². The van der Waals surface area contributed by atoms with Crippen molar-refractivity contribution in [3.8, 4) is 11.5 Å². The number of rotatable bonds is 8. The highest BCUT2D eigenvalue weighted by molar-refractivity contribution is 14.0. The largest absolute Gasteiger partial charge is 0.457 e. The van der Waals surface area contributed by atoms with Gasteiger partial charge in [0.15, 0.2) is 5.96 Å². The van der Waals surface area contributed by atoms with Crippen molar-refractivity contribution in [2.24, 2.45) is 10.7 Å². The number of ether oxygens (including phenoxy) is 1. The molecule has 0 saturated heterocycles. The first kappa shape index (κ1) is 24.0. The van der Waals surface area contributed by atoms with E-state index in [4.69, 9.17) is 10.5 Å². The molecular formula is C23H25IN4O3S. The second-order valence-electron chi connectivity index (χ2n) is 7.31. The molecule has 1 aliphatic rings. The summed E-state index contributed by atoms with van der Waals surface area (Å²) in [5.74, 6) is 1.68. The number of nitrogens with one attached hydrogen (secondary N) is 2. The number of aliphatic imine (C=N–C) groups is 1. The van der Waals surface area contributed by atoms with Crippen molar-refractivity contribution in [3.63, 3.8) is 0 Å². The Morgan fingerprint density at radius 3 is 2.34 bits per heavy atom. The standard InChI is InChI=1S/C23H24N4O3S.HI/c24-23(26-19-5-4-8-21(15-19)30-20-6-2-1-3-7-20)25-16-17-9-13-22(14-10-17)31(28,29)27-18-11-12-18;/h1-10,13-15,18,27H,11-12,16H2,(H3,24,25,26);1H. The molecule has 32 heavy (non-hydrogen) atoms. The van der Waals surface area contributed by atoms with Gasteiger partial charge in [0.05, 0.1) is 11.4 Å². The van der Waals surface area contributed by atoms with Crippen LogP contribution in [0.15, 0.2) is 88.8 Å². The topological polar surface area (TPSA) is 106 Å². The van der Waals surface area contributed by atoms with E-state index in [-0.39, 0.29) is 40.9 Å². The summed E-state index contributed by atoms with van der Waals surface area (Å²) in [5.41, 5.74) is 7.62. The first-order valence-electron chi connectivity index (χ1n) is 9.99. The zero-order chi connectivity index (χ0) is 21.7. The van der Waals surface area contributed by atoms with Crippen molar-refractivity contribution in [1.82, 2.24) is 4.72 Å². The second kappa shape index (κ2) is 10.8. The lowest BCUT2D eigenvalue weighted by Crippen LogP contribution is -2.25. The van der Waals surface area contributed by atoms with Gasteiger partial charge in [0.2, 0.25) is 10.0 Å². The summed E-state index contributed by atoms with van der Waals surface area (Å²) in [4.78, 5) is 4.59. The van der Waals surface area contributed by atoms with Crippen molar-refractivity contribution in [2.45, 2.75) is 30.3 Å². The molecular weight excluding hydrogens is 539 g/mol. The Bertz CT molecular complexity index is 1170. The van der Waals surface area contributed by atoms with E-state index in [1.165, 1.54) is 0 Å². The maximum absolute atomic E-state index is 12.2. The molecule has 168 valence electrons. The molecule has 0 aromatic heterocycles. The predicted octanol–water partition coefficient (Wildman–Crippen LogP) is 4.46. The van der Waals surface area contributed by atoms with Gasteiger partial charge in [0.1, 0.15) is 11.5 Å². The Morgan fingerprint density at radius 2 is 1.66 bits per heavy atom. The van der Waals surface area contributed by atoms with Crippen LogP contribution in [0.4, 0.5) is 5.69 Å². The molecule has 9 heteroatoms. The van der Waals surface area contributed by atoms with Crippen molar-refractivity contribution in [3.05, 3.63) is 84.4 Å². The molecule has 0 unspecified atom stereocenters. The van der Waals surface area contributed by atoms with Gasteiger partial charge in [0, 0.05) is 17.8 Å². The minimum absolute atomic E-state index is 0. The molecule has 3 aromatic carbocycles. The fourth-order valence-corrected chi connectivity index (χ4v) is 4.19. The first-order chi connectivity index (χ1) is 15.0. The molecule has 4 rings (SSSR count). The summed E-state index contributed by atoms with van der Waals surface area (Å²) in [7, 11) is -3.45. The maximum atomic E-state index is 12.2. The fraction of sp³-hybridized carbons (Fsp3) is 0.174. The van der Waals surface area contributed by atoms with Crippen LogP contribution in [0.25, 0.3) is 0 Å². The van der Waals surface area contributed by atoms with Gasteiger partial charge in [-0.05, 0) is 54.8 Å². The highest BCUT2D eigenvalue weighted by Gasteiger charge is 2.27. The third-order valence-corrected chi connectivity index (χ3v) is 6.19. The molecule has 1 saturated carbocycles. The molecule has 1 fully saturated rings. The van der Waals surface area contributed by atoms with Gasteiger partial charge in [-0.25, -0.2) is 18.1 Å². The van der Waals surface area contributed by atoms with Crippen LogP contribution in [0.2, 0.25) is 0 Å². The molecule has 0 atom stereocenters. The molecule has 4 N–H and O–H groups in total. The number of anilines is 1. The molecule has 0 amide bonds. The number of nitrogens with two attached hydrogens (primary N) is 1. The Hall–Kier alpha value is -2.63. The lowest BCUT2D eigenvalue weighted by molar-refractivity contribution is 0.483. The first-order valence-corrected chi connectivity index (χ1v) is 11.5. The normalized spacial score (nSPS) is 13.8. The van der Waals surface area contributed by atoms with Crippen molar-refractivity contribution >= 4 is 45.6 Å². The van der Waals surface area contributed by atoms with E-state index in [2.05, 4.69) is 15.0 Å². The zero-order valence-electron chi connectivity index (χ0n) is 17.3. The molecule has 3 aromatic rings. The van der Waals surface area contributed by atoms with Crippen LogP contribution in [0.5, 0.6) is 11.5 Å². The van der Waals surface area contributed by atoms with Crippen molar-refractivity contribution in [2.75, 3.05) is 5.32 Å². The van der Waals surface area contributed by atoms with Crippen LogP contribution >= 0.6 is 24.0 Å². The van der Waals surface area contributed by atoms with E-state index < -0.39 is 10.0 Å². The number of nitrogens with zero attached hydrogens (tertiary/aromatic N) is 1. The predicted molar refractivity (Wildman–Crippen MR) is 137 cm³/mol. The van der Waals surface area contributed by atoms with Crippen molar-refractivity contribution in [1.29, 1.82) is 0 Å². The number of halogens is 1. The van der Waals surface area contributed by atoms with Crippen LogP contribution in [0.3, 0.4) is 0 Å². The minimum atomic E-state index is -3.45. The highest BCUT2D eigenvalue weighted by atomic mass is 127. The quantitative estimate of drug-likeness (QED) is 0.213. The summed E-state index contributed by atoms with van der Waals surface area (Å²) < 4.78 is 32.9. The van der Waals surface area contributed by atoms with Gasteiger partial charge < -0.3 is 15.8 Å². The summed E-state index contributed by atoms with van der Waals surface area (Å²) >= 11 is 0. The number of sulfonamides is 1. The third-order valence-electron chi connectivity index (χ3n) is 4.65. The Kier molecular flexibility index (Phi) is 8.10. The minimum Gasteiger partial charge on any atom is -0.457 e. The maximum Gasteiger partial charge on any atom is 0.240 e. The molecule has 0 radical (unpaired) electrons. The smallest absolute Gasteiger partial charge is 0.240 e. The number of para-hydroxylation sites is 1. The van der Waals surface area contributed by atoms with Crippen LogP contribution < -0.4 is 20.5 Å². The molecule has 0 spiro atoms. The Morgan fingerprint density at radius 1 is 0.969 bits per heavy atom. The van der Waals surface area contributed by atoms with E-state index in [0.29, 0.717) is 12.3 Å². The second-order valence-corrected chi connectivity index (χ2v) is 9.02. The summed E-state index contributed by atoms with van der Waals surface area (Å²) in [6.45, 7) is 0.329. The fourth-order valence-electron chi connectivity index (χ4n) is 2.89. The monoisotopic (exact) mass is 564 g/mol. The molecule has 0 heterocycles. The summed E-state index contributed by atoms with van der Waals surface area (Å²) in [6.07, 6.45) is 1.80. The van der Waals surface area contributed by atoms with Gasteiger partial charge in [-0.1, -0.05) is 36.4 Å². The van der Waals surface area contributed by atoms with Crippen LogP contribution in [0.1, 0.15) is 18.4 Å². The van der Waals surface area contributed by atoms with E-state index in [0.717, 1.165) is 29.8 Å². The average Bonchev–Trinajstić information content (AvgIpc) is 3.57. The van der Waals surface area contributed by atoms with Crippen LogP contribution in [-0.4, -0.2) is 20.4 Å². The molecule has 1 aliphatic carbocycles. The van der Waals surface area contributed by atoms with Gasteiger partial charge in [-0.2, -0.15) is 0 Å². The van der Waals surface area contributed by atoms with E-state index in [1.807, 2.05) is 54.6 Å². The van der Waals surface area contributed by atoms with Crippen molar-refractivity contribution < 1.29 is 13.2 Å². The molecule has 0 bridgehead atoms. The highest BCUT2D eigenvalue weighted by Crippen LogP contribution is 2.24.